The summed E-state index contributed by atoms with van der Waals surface area (Å²) < 4.78 is 10.7. The zero-order chi connectivity index (χ0) is 13.1. The lowest BCUT2D eigenvalue weighted by Gasteiger charge is -2.19. The van der Waals surface area contributed by atoms with Gasteiger partial charge in [-0.15, -0.1) is 0 Å². The molecule has 18 heavy (non-hydrogen) atoms. The van der Waals surface area contributed by atoms with Gasteiger partial charge in [0.15, 0.2) is 17.3 Å². The summed E-state index contributed by atoms with van der Waals surface area (Å²) in [5.74, 6) is -0.470. The SMILES string of the molecule is NC(CC(=O)O)C(=O)c1ccc2c(c1)OCCO2. The molecule has 0 amide bonds. The molecule has 0 fully saturated rings. The standard InChI is InChI=1S/C12H13NO5/c13-8(6-11(14)15)12(16)7-1-2-9-10(5-7)18-4-3-17-9/h1-2,5,8H,3-4,6,13H2,(H,14,15). The third kappa shape index (κ3) is 2.60. The summed E-state index contributed by atoms with van der Waals surface area (Å²) >= 11 is 0. The summed E-state index contributed by atoms with van der Waals surface area (Å²) in [7, 11) is 0. The molecular formula is C12H13NO5. The van der Waals surface area contributed by atoms with E-state index in [2.05, 4.69) is 0 Å². The second kappa shape index (κ2) is 5.05. The molecule has 1 aliphatic heterocycles. The Labute approximate surface area is 103 Å². The minimum Gasteiger partial charge on any atom is -0.486 e. The minimum atomic E-state index is -1.10. The van der Waals surface area contributed by atoms with Crippen LogP contribution in [0.5, 0.6) is 11.5 Å². The van der Waals surface area contributed by atoms with E-state index in [1.165, 1.54) is 6.07 Å². The van der Waals surface area contributed by atoms with Gasteiger partial charge < -0.3 is 20.3 Å². The molecule has 6 heteroatoms. The number of nitrogens with two attached hydrogens (primary N) is 1. The van der Waals surface area contributed by atoms with Crippen molar-refractivity contribution >= 4 is 11.8 Å². The summed E-state index contributed by atoms with van der Waals surface area (Å²) in [4.78, 5) is 22.4. The van der Waals surface area contributed by atoms with Crippen molar-refractivity contribution in [2.45, 2.75) is 12.5 Å². The van der Waals surface area contributed by atoms with E-state index >= 15 is 0 Å². The number of Topliss-reactive ketones (excluding diaryl/α,β-unsaturated/α-hetero) is 1. The molecule has 1 unspecified atom stereocenters. The molecule has 2 rings (SSSR count). The predicted octanol–water partition coefficient (Wildman–Crippen LogP) is 0.442. The summed E-state index contributed by atoms with van der Waals surface area (Å²) in [5, 5.41) is 8.59. The topological polar surface area (TPSA) is 98.9 Å². The first-order chi connectivity index (χ1) is 8.58. The van der Waals surface area contributed by atoms with E-state index in [1.54, 1.807) is 12.1 Å². The lowest BCUT2D eigenvalue weighted by Crippen LogP contribution is -2.33. The maximum absolute atomic E-state index is 11.9. The first-order valence-electron chi connectivity index (χ1n) is 5.49. The molecule has 0 saturated heterocycles. The van der Waals surface area contributed by atoms with Gasteiger partial charge in [0, 0.05) is 5.56 Å². The molecule has 3 N–H and O–H groups in total. The highest BCUT2D eigenvalue weighted by atomic mass is 16.6. The number of carboxylic acid groups (broad SMARTS) is 1. The molecule has 0 saturated carbocycles. The van der Waals surface area contributed by atoms with Gasteiger partial charge in [-0.25, -0.2) is 0 Å². The van der Waals surface area contributed by atoms with Gasteiger partial charge >= 0.3 is 5.97 Å². The van der Waals surface area contributed by atoms with E-state index in [1.807, 2.05) is 0 Å². The third-order valence-corrected chi connectivity index (χ3v) is 2.56. The summed E-state index contributed by atoms with van der Waals surface area (Å²) in [6, 6.07) is 3.65. The van der Waals surface area contributed by atoms with Crippen LogP contribution in [0.4, 0.5) is 0 Å². The lowest BCUT2D eigenvalue weighted by molar-refractivity contribution is -0.137. The Bertz CT molecular complexity index is 485. The molecular weight excluding hydrogens is 238 g/mol. The Balaban J connectivity index is 2.18. The highest BCUT2D eigenvalue weighted by Gasteiger charge is 2.21. The van der Waals surface area contributed by atoms with Crippen molar-refractivity contribution in [1.29, 1.82) is 0 Å². The van der Waals surface area contributed by atoms with Crippen LogP contribution < -0.4 is 15.2 Å². The Kier molecular flexibility index (Phi) is 3.47. The molecule has 0 aromatic heterocycles. The van der Waals surface area contributed by atoms with Crippen molar-refractivity contribution in [2.75, 3.05) is 13.2 Å². The number of aliphatic carboxylic acids is 1. The molecule has 0 aliphatic carbocycles. The first kappa shape index (κ1) is 12.4. The zero-order valence-corrected chi connectivity index (χ0v) is 9.59. The second-order valence-corrected chi connectivity index (χ2v) is 3.93. The molecule has 0 spiro atoms. The molecule has 96 valence electrons. The fraction of sp³-hybridized carbons (Fsp3) is 0.333. The third-order valence-electron chi connectivity index (χ3n) is 2.56. The molecule has 1 aromatic carbocycles. The number of hydrogen-bond donors (Lipinski definition) is 2. The number of carbonyl (C=O) groups excluding carboxylic acids is 1. The van der Waals surface area contributed by atoms with Crippen molar-refractivity contribution < 1.29 is 24.2 Å². The average Bonchev–Trinajstić information content (AvgIpc) is 2.36. The quantitative estimate of drug-likeness (QED) is 0.753. The number of carboxylic acids is 1. The number of carbonyl (C=O) groups is 2. The van der Waals surface area contributed by atoms with Crippen LogP contribution in [0.15, 0.2) is 18.2 Å². The van der Waals surface area contributed by atoms with Crippen molar-refractivity contribution in [3.05, 3.63) is 23.8 Å². The number of benzene rings is 1. The highest BCUT2D eigenvalue weighted by molar-refractivity contribution is 6.02. The fourth-order valence-electron chi connectivity index (χ4n) is 1.69. The normalized spacial score (nSPS) is 14.9. The van der Waals surface area contributed by atoms with Crippen molar-refractivity contribution in [2.24, 2.45) is 5.73 Å². The Hall–Kier alpha value is -2.08. The van der Waals surface area contributed by atoms with Crippen LogP contribution in [0, 0.1) is 0 Å². The van der Waals surface area contributed by atoms with Gasteiger partial charge in [0.1, 0.15) is 13.2 Å². The summed E-state index contributed by atoms with van der Waals surface area (Å²) in [5.41, 5.74) is 5.85. The predicted molar refractivity (Wildman–Crippen MR) is 62.0 cm³/mol. The van der Waals surface area contributed by atoms with E-state index in [9.17, 15) is 9.59 Å². The molecule has 1 aromatic rings. The minimum absolute atomic E-state index is 0.327. The Morgan fingerprint density at radius 1 is 1.28 bits per heavy atom. The maximum atomic E-state index is 11.9. The van der Waals surface area contributed by atoms with Gasteiger partial charge in [-0.05, 0) is 18.2 Å². The average molecular weight is 251 g/mol. The monoisotopic (exact) mass is 251 g/mol. The number of rotatable bonds is 4. The van der Waals surface area contributed by atoms with E-state index in [-0.39, 0.29) is 0 Å². The van der Waals surface area contributed by atoms with Gasteiger partial charge in [0.05, 0.1) is 12.5 Å². The summed E-state index contributed by atoms with van der Waals surface area (Å²) in [6.07, 6.45) is -0.396. The largest absolute Gasteiger partial charge is 0.486 e. The highest BCUT2D eigenvalue weighted by Crippen LogP contribution is 2.31. The maximum Gasteiger partial charge on any atom is 0.305 e. The van der Waals surface area contributed by atoms with E-state index in [0.29, 0.717) is 30.3 Å². The molecule has 1 aliphatic rings. The molecule has 1 atom stereocenters. The van der Waals surface area contributed by atoms with Crippen LogP contribution >= 0.6 is 0 Å². The molecule has 1 heterocycles. The van der Waals surface area contributed by atoms with Gasteiger partial charge in [-0.1, -0.05) is 0 Å². The van der Waals surface area contributed by atoms with Crippen LogP contribution in [0.2, 0.25) is 0 Å². The smallest absolute Gasteiger partial charge is 0.305 e. The van der Waals surface area contributed by atoms with Crippen molar-refractivity contribution in [3.63, 3.8) is 0 Å². The van der Waals surface area contributed by atoms with Crippen molar-refractivity contribution in [3.8, 4) is 11.5 Å². The van der Waals surface area contributed by atoms with E-state index in [4.69, 9.17) is 20.3 Å². The molecule has 6 nitrogen and oxygen atoms in total. The Morgan fingerprint density at radius 2 is 1.94 bits per heavy atom. The van der Waals surface area contributed by atoms with Gasteiger partial charge in [-0.3, -0.25) is 9.59 Å². The van der Waals surface area contributed by atoms with Crippen molar-refractivity contribution in [1.82, 2.24) is 0 Å². The van der Waals surface area contributed by atoms with Gasteiger partial charge in [0.2, 0.25) is 0 Å². The summed E-state index contributed by atoms with van der Waals surface area (Å²) in [6.45, 7) is 0.893. The van der Waals surface area contributed by atoms with Gasteiger partial charge in [-0.2, -0.15) is 0 Å². The van der Waals surface area contributed by atoms with E-state index < -0.39 is 24.2 Å². The van der Waals surface area contributed by atoms with Crippen LogP contribution in [-0.2, 0) is 4.79 Å². The van der Waals surface area contributed by atoms with Crippen LogP contribution in [-0.4, -0.2) is 36.1 Å². The number of hydrogen-bond acceptors (Lipinski definition) is 5. The zero-order valence-electron chi connectivity index (χ0n) is 9.59. The van der Waals surface area contributed by atoms with Crippen LogP contribution in [0.3, 0.4) is 0 Å². The molecule has 0 bridgehead atoms. The lowest BCUT2D eigenvalue weighted by atomic mass is 10.0. The van der Waals surface area contributed by atoms with E-state index in [0.717, 1.165) is 0 Å². The van der Waals surface area contributed by atoms with Crippen LogP contribution in [0.1, 0.15) is 16.8 Å². The Morgan fingerprint density at radius 3 is 2.61 bits per heavy atom. The number of ether oxygens (including phenoxy) is 2. The first-order valence-corrected chi connectivity index (χ1v) is 5.49. The fourth-order valence-corrected chi connectivity index (χ4v) is 1.69. The second-order valence-electron chi connectivity index (χ2n) is 3.93. The van der Waals surface area contributed by atoms with Gasteiger partial charge in [0.25, 0.3) is 0 Å². The number of ketones is 1. The number of fused-ring (bicyclic) bond motifs is 1. The molecule has 0 radical (unpaired) electrons. The van der Waals surface area contributed by atoms with Crippen LogP contribution in [0.25, 0.3) is 0 Å².